The molecule has 0 aliphatic heterocycles. The van der Waals surface area contributed by atoms with Crippen molar-refractivity contribution in [2.24, 2.45) is 11.8 Å². The molecule has 3 unspecified atom stereocenters. The van der Waals surface area contributed by atoms with Gasteiger partial charge in [-0.25, -0.2) is 9.18 Å². The summed E-state index contributed by atoms with van der Waals surface area (Å²) in [6.07, 6.45) is 2.05. The maximum absolute atomic E-state index is 13.8. The van der Waals surface area contributed by atoms with Gasteiger partial charge < -0.3 is 10.4 Å². The van der Waals surface area contributed by atoms with Crippen LogP contribution in [-0.4, -0.2) is 17.1 Å². The normalized spacial score (nSPS) is 27.2. The summed E-state index contributed by atoms with van der Waals surface area (Å²) in [6, 6.07) is 4.29. The molecule has 2 N–H and O–H groups in total. The molecule has 2 rings (SSSR count). The van der Waals surface area contributed by atoms with Crippen molar-refractivity contribution in [1.29, 1.82) is 0 Å². The van der Waals surface area contributed by atoms with Crippen LogP contribution >= 0.6 is 0 Å². The Hall–Kier alpha value is -1.58. The first-order valence-corrected chi connectivity index (χ1v) is 6.29. The van der Waals surface area contributed by atoms with Crippen molar-refractivity contribution in [2.75, 3.05) is 5.32 Å². The zero-order chi connectivity index (χ0) is 13.3. The van der Waals surface area contributed by atoms with Crippen molar-refractivity contribution in [3.63, 3.8) is 0 Å². The van der Waals surface area contributed by atoms with Crippen LogP contribution < -0.4 is 5.32 Å². The van der Waals surface area contributed by atoms with Gasteiger partial charge in [0.15, 0.2) is 0 Å². The SMILES string of the molecule is CC1CCC(Nc2c(F)cccc2C(=O)O)C1C. The first-order valence-electron chi connectivity index (χ1n) is 6.29. The zero-order valence-corrected chi connectivity index (χ0v) is 10.6. The molecule has 0 bridgehead atoms. The van der Waals surface area contributed by atoms with Gasteiger partial charge in [0.2, 0.25) is 0 Å². The Morgan fingerprint density at radius 2 is 2.11 bits per heavy atom. The van der Waals surface area contributed by atoms with Gasteiger partial charge in [0, 0.05) is 6.04 Å². The Morgan fingerprint density at radius 3 is 2.67 bits per heavy atom. The molecule has 4 heteroatoms. The summed E-state index contributed by atoms with van der Waals surface area (Å²) in [7, 11) is 0. The van der Waals surface area contributed by atoms with Crippen LogP contribution in [0.15, 0.2) is 18.2 Å². The standard InChI is InChI=1S/C14H18FNO2/c1-8-6-7-12(9(8)2)16-13-10(14(17)18)4-3-5-11(13)15/h3-5,8-9,12,16H,6-7H2,1-2H3,(H,17,18). The third-order valence-corrected chi connectivity index (χ3v) is 4.04. The first kappa shape index (κ1) is 12.9. The number of benzene rings is 1. The Balaban J connectivity index is 2.26. The van der Waals surface area contributed by atoms with Crippen LogP contribution in [0.2, 0.25) is 0 Å². The Morgan fingerprint density at radius 1 is 1.39 bits per heavy atom. The molecular weight excluding hydrogens is 233 g/mol. The van der Waals surface area contributed by atoms with Crippen LogP contribution in [0.5, 0.6) is 0 Å². The van der Waals surface area contributed by atoms with E-state index in [9.17, 15) is 9.18 Å². The van der Waals surface area contributed by atoms with Crippen molar-refractivity contribution >= 4 is 11.7 Å². The van der Waals surface area contributed by atoms with Crippen molar-refractivity contribution in [1.82, 2.24) is 0 Å². The fourth-order valence-corrected chi connectivity index (χ4v) is 2.60. The average Bonchev–Trinajstić information content (AvgIpc) is 2.63. The number of carbonyl (C=O) groups is 1. The zero-order valence-electron chi connectivity index (χ0n) is 10.6. The quantitative estimate of drug-likeness (QED) is 0.866. The molecule has 0 amide bonds. The molecule has 1 saturated carbocycles. The highest BCUT2D eigenvalue weighted by molar-refractivity contribution is 5.94. The molecule has 0 spiro atoms. The minimum Gasteiger partial charge on any atom is -0.478 e. The lowest BCUT2D eigenvalue weighted by molar-refractivity contribution is 0.0697. The molecule has 1 aliphatic rings. The fourth-order valence-electron chi connectivity index (χ4n) is 2.60. The topological polar surface area (TPSA) is 49.3 Å². The molecule has 1 aliphatic carbocycles. The number of hydrogen-bond donors (Lipinski definition) is 2. The number of carboxylic acid groups (broad SMARTS) is 1. The van der Waals surface area contributed by atoms with Gasteiger partial charge >= 0.3 is 5.97 Å². The lowest BCUT2D eigenvalue weighted by atomic mass is 9.97. The number of anilines is 1. The second-order valence-electron chi connectivity index (χ2n) is 5.13. The highest BCUT2D eigenvalue weighted by Gasteiger charge is 2.31. The van der Waals surface area contributed by atoms with Gasteiger partial charge in [-0.15, -0.1) is 0 Å². The van der Waals surface area contributed by atoms with E-state index in [1.54, 1.807) is 0 Å². The predicted octanol–water partition coefficient (Wildman–Crippen LogP) is 3.37. The van der Waals surface area contributed by atoms with Gasteiger partial charge in [-0.05, 0) is 36.8 Å². The van der Waals surface area contributed by atoms with E-state index in [2.05, 4.69) is 19.2 Å². The van der Waals surface area contributed by atoms with Crippen LogP contribution in [0.3, 0.4) is 0 Å². The molecule has 18 heavy (non-hydrogen) atoms. The number of para-hydroxylation sites is 1. The molecule has 3 atom stereocenters. The second kappa shape index (κ2) is 4.96. The lowest BCUT2D eigenvalue weighted by Crippen LogP contribution is -2.25. The maximum atomic E-state index is 13.8. The van der Waals surface area contributed by atoms with Crippen LogP contribution in [0.25, 0.3) is 0 Å². The minimum absolute atomic E-state index is 0.00162. The van der Waals surface area contributed by atoms with Crippen LogP contribution in [0.1, 0.15) is 37.0 Å². The number of aromatic carboxylic acids is 1. The summed E-state index contributed by atoms with van der Waals surface area (Å²) in [5.41, 5.74) is 0.123. The molecule has 0 saturated heterocycles. The Bertz CT molecular complexity index is 461. The van der Waals surface area contributed by atoms with E-state index in [0.717, 1.165) is 12.8 Å². The predicted molar refractivity (Wildman–Crippen MR) is 68.3 cm³/mol. The Labute approximate surface area is 106 Å². The molecule has 98 valence electrons. The molecule has 0 heterocycles. The van der Waals surface area contributed by atoms with E-state index in [4.69, 9.17) is 5.11 Å². The number of nitrogens with one attached hydrogen (secondary N) is 1. The van der Waals surface area contributed by atoms with E-state index in [-0.39, 0.29) is 17.3 Å². The maximum Gasteiger partial charge on any atom is 0.337 e. The van der Waals surface area contributed by atoms with E-state index in [1.165, 1.54) is 18.2 Å². The number of carboxylic acids is 1. The molecule has 1 aromatic rings. The summed E-state index contributed by atoms with van der Waals surface area (Å²) in [6.45, 7) is 4.29. The summed E-state index contributed by atoms with van der Waals surface area (Å²) in [4.78, 5) is 11.1. The number of halogens is 1. The van der Waals surface area contributed by atoms with Gasteiger partial charge in [0.25, 0.3) is 0 Å². The lowest BCUT2D eigenvalue weighted by Gasteiger charge is -2.22. The van der Waals surface area contributed by atoms with Crippen molar-refractivity contribution < 1.29 is 14.3 Å². The molecule has 3 nitrogen and oxygen atoms in total. The van der Waals surface area contributed by atoms with E-state index in [1.807, 2.05) is 0 Å². The molecule has 1 fully saturated rings. The van der Waals surface area contributed by atoms with Crippen molar-refractivity contribution in [3.05, 3.63) is 29.6 Å². The van der Waals surface area contributed by atoms with Crippen molar-refractivity contribution in [3.8, 4) is 0 Å². The summed E-state index contributed by atoms with van der Waals surface area (Å²) in [5, 5.41) is 12.2. The van der Waals surface area contributed by atoms with E-state index < -0.39 is 11.8 Å². The third kappa shape index (κ3) is 2.33. The first-order chi connectivity index (χ1) is 8.50. The minimum atomic E-state index is -1.10. The Kier molecular flexibility index (Phi) is 3.55. The van der Waals surface area contributed by atoms with Crippen molar-refractivity contribution in [2.45, 2.75) is 32.7 Å². The van der Waals surface area contributed by atoms with E-state index >= 15 is 0 Å². The van der Waals surface area contributed by atoms with Crippen LogP contribution in [0.4, 0.5) is 10.1 Å². The van der Waals surface area contributed by atoms with Gasteiger partial charge in [0.1, 0.15) is 5.82 Å². The highest BCUT2D eigenvalue weighted by Crippen LogP contribution is 2.34. The summed E-state index contributed by atoms with van der Waals surface area (Å²) in [5.74, 6) is -0.592. The second-order valence-corrected chi connectivity index (χ2v) is 5.13. The van der Waals surface area contributed by atoms with Gasteiger partial charge in [-0.3, -0.25) is 0 Å². The molecule has 0 radical (unpaired) electrons. The monoisotopic (exact) mass is 251 g/mol. The van der Waals surface area contributed by atoms with E-state index in [0.29, 0.717) is 11.8 Å². The number of hydrogen-bond acceptors (Lipinski definition) is 2. The fraction of sp³-hybridized carbons (Fsp3) is 0.500. The summed E-state index contributed by atoms with van der Waals surface area (Å²) < 4.78 is 13.8. The average molecular weight is 251 g/mol. The summed E-state index contributed by atoms with van der Waals surface area (Å²) >= 11 is 0. The van der Waals surface area contributed by atoms with Gasteiger partial charge in [-0.1, -0.05) is 19.9 Å². The van der Waals surface area contributed by atoms with Gasteiger partial charge in [0.05, 0.1) is 11.3 Å². The largest absolute Gasteiger partial charge is 0.478 e. The molecular formula is C14H18FNO2. The van der Waals surface area contributed by atoms with Crippen LogP contribution in [-0.2, 0) is 0 Å². The number of rotatable bonds is 3. The smallest absolute Gasteiger partial charge is 0.337 e. The molecule has 0 aromatic heterocycles. The van der Waals surface area contributed by atoms with Crippen LogP contribution in [0, 0.1) is 17.7 Å². The third-order valence-electron chi connectivity index (χ3n) is 4.04. The highest BCUT2D eigenvalue weighted by atomic mass is 19.1. The van der Waals surface area contributed by atoms with Gasteiger partial charge in [-0.2, -0.15) is 0 Å². The molecule has 1 aromatic carbocycles.